The van der Waals surface area contributed by atoms with E-state index in [1.54, 1.807) is 11.3 Å². The van der Waals surface area contributed by atoms with E-state index in [0.717, 1.165) is 38.2 Å². The number of nitrogens with zero attached hydrogens (tertiary/aromatic N) is 3. The average molecular weight is 303 g/mol. The second-order valence-electron chi connectivity index (χ2n) is 5.65. The molecule has 1 aliphatic heterocycles. The highest BCUT2D eigenvalue weighted by atomic mass is 32.1. The van der Waals surface area contributed by atoms with Crippen LogP contribution in [0.2, 0.25) is 0 Å². The van der Waals surface area contributed by atoms with Crippen molar-refractivity contribution in [3.05, 3.63) is 40.6 Å². The molecule has 21 heavy (non-hydrogen) atoms. The van der Waals surface area contributed by atoms with Gasteiger partial charge in [-0.25, -0.2) is 4.98 Å². The molecule has 1 fully saturated rings. The molecule has 3 rings (SSSR count). The second kappa shape index (κ2) is 6.43. The summed E-state index contributed by atoms with van der Waals surface area (Å²) in [6, 6.07) is 2.48. The van der Waals surface area contributed by atoms with Crippen molar-refractivity contribution in [3.8, 4) is 0 Å². The van der Waals surface area contributed by atoms with E-state index in [9.17, 15) is 4.79 Å². The molecule has 1 amide bonds. The highest BCUT2D eigenvalue weighted by molar-refractivity contribution is 7.07. The lowest BCUT2D eigenvalue weighted by Crippen LogP contribution is -2.40. The topological polar surface area (TPSA) is 38.1 Å². The third kappa shape index (κ3) is 3.35. The van der Waals surface area contributed by atoms with Gasteiger partial charge >= 0.3 is 0 Å². The first kappa shape index (κ1) is 14.3. The molecule has 0 aliphatic carbocycles. The second-order valence-corrected chi connectivity index (χ2v) is 6.43. The first-order chi connectivity index (χ1) is 10.2. The molecule has 0 saturated carbocycles. The van der Waals surface area contributed by atoms with Crippen LogP contribution in [0.15, 0.2) is 29.2 Å². The van der Waals surface area contributed by atoms with Crippen LogP contribution in [0.4, 0.5) is 0 Å². The molecular weight excluding hydrogens is 282 g/mol. The first-order valence-corrected chi connectivity index (χ1v) is 8.46. The molecule has 1 atom stereocenters. The zero-order chi connectivity index (χ0) is 14.7. The van der Waals surface area contributed by atoms with Gasteiger partial charge in [0.1, 0.15) is 5.82 Å². The highest BCUT2D eigenvalue weighted by Gasteiger charge is 2.25. The molecule has 2 aromatic heterocycles. The Morgan fingerprint density at radius 2 is 2.43 bits per heavy atom. The summed E-state index contributed by atoms with van der Waals surface area (Å²) in [5.74, 6) is 1.32. The summed E-state index contributed by atoms with van der Waals surface area (Å²) in [4.78, 5) is 18.7. The minimum Gasteiger partial charge on any atom is -0.341 e. The van der Waals surface area contributed by atoms with Gasteiger partial charge in [-0.2, -0.15) is 11.3 Å². The van der Waals surface area contributed by atoms with Crippen LogP contribution in [0.1, 0.15) is 36.7 Å². The number of hydrogen-bond donors (Lipinski definition) is 0. The molecule has 1 aliphatic rings. The third-order valence-corrected chi connectivity index (χ3v) is 4.94. The summed E-state index contributed by atoms with van der Waals surface area (Å²) in [5.41, 5.74) is 1.27. The average Bonchev–Trinajstić information content (AvgIpc) is 3.16. The summed E-state index contributed by atoms with van der Waals surface area (Å²) >= 11 is 1.69. The number of hydrogen-bond acceptors (Lipinski definition) is 3. The zero-order valence-corrected chi connectivity index (χ0v) is 13.2. The van der Waals surface area contributed by atoms with Gasteiger partial charge in [0, 0.05) is 31.9 Å². The highest BCUT2D eigenvalue weighted by Crippen LogP contribution is 2.23. The molecule has 0 bridgehead atoms. The maximum absolute atomic E-state index is 12.4. The van der Waals surface area contributed by atoms with Gasteiger partial charge < -0.3 is 9.47 Å². The van der Waals surface area contributed by atoms with Crippen molar-refractivity contribution in [1.29, 1.82) is 0 Å². The van der Waals surface area contributed by atoms with Crippen LogP contribution >= 0.6 is 11.3 Å². The Hall–Kier alpha value is -1.62. The quantitative estimate of drug-likeness (QED) is 0.870. The van der Waals surface area contributed by atoms with Crippen molar-refractivity contribution in [1.82, 2.24) is 14.5 Å². The number of piperidine rings is 1. The molecule has 0 N–H and O–H groups in total. The molecule has 5 heteroatoms. The Labute approximate surface area is 129 Å². The lowest BCUT2D eigenvalue weighted by Gasteiger charge is -2.34. The molecule has 0 radical (unpaired) electrons. The fraction of sp³-hybridized carbons (Fsp3) is 0.500. The van der Waals surface area contributed by atoms with Gasteiger partial charge in [-0.15, -0.1) is 0 Å². The maximum atomic E-state index is 12.4. The molecule has 2 aromatic rings. The Balaban J connectivity index is 1.58. The van der Waals surface area contributed by atoms with E-state index in [4.69, 9.17) is 0 Å². The van der Waals surface area contributed by atoms with Gasteiger partial charge in [0.05, 0.1) is 6.04 Å². The van der Waals surface area contributed by atoms with E-state index in [2.05, 4.69) is 26.4 Å². The zero-order valence-electron chi connectivity index (χ0n) is 12.4. The summed E-state index contributed by atoms with van der Waals surface area (Å²) in [7, 11) is 0. The van der Waals surface area contributed by atoms with Gasteiger partial charge in [-0.05, 0) is 48.6 Å². The molecule has 4 nitrogen and oxygen atoms in total. The van der Waals surface area contributed by atoms with Gasteiger partial charge in [-0.3, -0.25) is 4.79 Å². The fourth-order valence-corrected chi connectivity index (χ4v) is 3.73. The first-order valence-electron chi connectivity index (χ1n) is 7.52. The Morgan fingerprint density at radius 1 is 1.52 bits per heavy atom. The van der Waals surface area contributed by atoms with E-state index in [-0.39, 0.29) is 5.91 Å². The number of rotatable bonds is 4. The third-order valence-electron chi connectivity index (χ3n) is 4.21. The monoisotopic (exact) mass is 303 g/mol. The molecule has 0 aromatic carbocycles. The number of carbonyl (C=O) groups is 1. The van der Waals surface area contributed by atoms with Crippen LogP contribution in [0, 0.1) is 6.92 Å². The number of likely N-dealkylation sites (tertiary alicyclic amines) is 1. The molecule has 3 heterocycles. The predicted octanol–water partition coefficient (Wildman–Crippen LogP) is 3.05. The van der Waals surface area contributed by atoms with Crippen molar-refractivity contribution in [3.63, 3.8) is 0 Å². The van der Waals surface area contributed by atoms with Crippen molar-refractivity contribution < 1.29 is 4.79 Å². The molecular formula is C16H21N3OS. The van der Waals surface area contributed by atoms with Crippen molar-refractivity contribution in [2.24, 2.45) is 0 Å². The molecule has 1 unspecified atom stereocenters. The number of aryl methyl sites for hydroxylation is 2. The Morgan fingerprint density at radius 3 is 3.14 bits per heavy atom. The number of thiophene rings is 1. The standard InChI is InChI=1S/C16H21N3OS/c1-13-17-7-9-19(13)15-3-2-8-18(11-15)16(20)5-4-14-6-10-21-12-14/h6-7,9-10,12,15H,2-5,8,11H2,1H3. The van der Waals surface area contributed by atoms with Crippen molar-refractivity contribution >= 4 is 17.2 Å². The van der Waals surface area contributed by atoms with E-state index < -0.39 is 0 Å². The van der Waals surface area contributed by atoms with Crippen LogP contribution in [0.3, 0.4) is 0 Å². The predicted molar refractivity (Wildman–Crippen MR) is 84.5 cm³/mol. The minimum atomic E-state index is 0.281. The van der Waals surface area contributed by atoms with E-state index in [1.807, 2.05) is 24.2 Å². The lowest BCUT2D eigenvalue weighted by atomic mass is 10.0. The van der Waals surface area contributed by atoms with Crippen LogP contribution in [0.5, 0.6) is 0 Å². The van der Waals surface area contributed by atoms with Crippen LogP contribution in [-0.2, 0) is 11.2 Å². The van der Waals surface area contributed by atoms with Gasteiger partial charge in [0.2, 0.25) is 5.91 Å². The smallest absolute Gasteiger partial charge is 0.222 e. The molecule has 0 spiro atoms. The van der Waals surface area contributed by atoms with Gasteiger partial charge in [-0.1, -0.05) is 0 Å². The summed E-state index contributed by atoms with van der Waals surface area (Å²) in [5, 5.41) is 4.19. The number of carbonyl (C=O) groups excluding carboxylic acids is 1. The van der Waals surface area contributed by atoms with Gasteiger partial charge in [0.25, 0.3) is 0 Å². The van der Waals surface area contributed by atoms with Crippen LogP contribution in [-0.4, -0.2) is 33.4 Å². The van der Waals surface area contributed by atoms with E-state index >= 15 is 0 Å². The fourth-order valence-electron chi connectivity index (χ4n) is 3.03. The van der Waals surface area contributed by atoms with Crippen molar-refractivity contribution in [2.75, 3.05) is 13.1 Å². The Bertz CT molecular complexity index is 590. The lowest BCUT2D eigenvalue weighted by molar-refractivity contribution is -0.132. The Kier molecular flexibility index (Phi) is 4.39. The van der Waals surface area contributed by atoms with Crippen LogP contribution in [0.25, 0.3) is 0 Å². The largest absolute Gasteiger partial charge is 0.341 e. The number of aromatic nitrogens is 2. The summed E-state index contributed by atoms with van der Waals surface area (Å²) < 4.78 is 2.21. The summed E-state index contributed by atoms with van der Waals surface area (Å²) in [6.45, 7) is 3.74. The van der Waals surface area contributed by atoms with Gasteiger partial charge in [0.15, 0.2) is 0 Å². The SMILES string of the molecule is Cc1nccn1C1CCCN(C(=O)CCc2ccsc2)C1. The van der Waals surface area contributed by atoms with Crippen LogP contribution < -0.4 is 0 Å². The molecule has 112 valence electrons. The van der Waals surface area contributed by atoms with Crippen molar-refractivity contribution in [2.45, 2.75) is 38.6 Å². The molecule has 1 saturated heterocycles. The number of imidazole rings is 1. The minimum absolute atomic E-state index is 0.281. The number of amides is 1. The van der Waals surface area contributed by atoms with E-state index in [1.165, 1.54) is 5.56 Å². The maximum Gasteiger partial charge on any atom is 0.222 e. The normalized spacial score (nSPS) is 18.9. The summed E-state index contributed by atoms with van der Waals surface area (Å²) in [6.07, 6.45) is 7.55. The van der Waals surface area contributed by atoms with E-state index in [0.29, 0.717) is 12.5 Å².